The van der Waals surface area contributed by atoms with Crippen LogP contribution in [0.2, 0.25) is 5.02 Å². The molecular formula is C31H31ClI2N4O7. The molecule has 1 aliphatic rings. The van der Waals surface area contributed by atoms with Crippen molar-refractivity contribution in [3.8, 4) is 17.2 Å². The number of hydrazone groups is 1. The van der Waals surface area contributed by atoms with Crippen molar-refractivity contribution in [2.75, 3.05) is 20.3 Å². The van der Waals surface area contributed by atoms with Crippen molar-refractivity contribution in [2.45, 2.75) is 32.7 Å². The predicted molar refractivity (Wildman–Crippen MR) is 187 cm³/mol. The van der Waals surface area contributed by atoms with Gasteiger partial charge in [0.15, 0.2) is 17.7 Å². The van der Waals surface area contributed by atoms with Gasteiger partial charge in [-0.25, -0.2) is 9.59 Å². The molecule has 238 valence electrons. The second-order valence-corrected chi connectivity index (χ2v) is 12.4. The molecule has 0 radical (unpaired) electrons. The van der Waals surface area contributed by atoms with E-state index in [2.05, 4.69) is 66.3 Å². The lowest BCUT2D eigenvalue weighted by Crippen LogP contribution is -2.45. The standard InChI is InChI=1S/C31H31ClI2N4O7/c1-4-43-25-13-20(28-27(30(40)42-3)17(2)36-31(41)37-28)8-9-24(25)44-16-26(39)38-35-14-19-11-22(33)29(23(34)12-19)45-15-18-6-5-7-21(32)10-18/h5-14,26,28,38-39H,4,15-16H2,1-3H3,(H2,36,37,41)/b35-14+/t26-,28-/m1/s1. The number of methoxy groups -OCH3 is 1. The Balaban J connectivity index is 1.37. The van der Waals surface area contributed by atoms with E-state index in [1.54, 1.807) is 31.3 Å². The Labute approximate surface area is 293 Å². The van der Waals surface area contributed by atoms with Crippen LogP contribution < -0.4 is 30.3 Å². The largest absolute Gasteiger partial charge is 0.490 e. The Hall–Kier alpha value is -3.28. The lowest BCUT2D eigenvalue weighted by atomic mass is 9.95. The number of hydrogen-bond acceptors (Lipinski definition) is 9. The third-order valence-electron chi connectivity index (χ3n) is 6.40. The maximum Gasteiger partial charge on any atom is 0.337 e. The minimum atomic E-state index is -1.13. The number of aliphatic hydroxyl groups excluding tert-OH is 1. The fourth-order valence-corrected chi connectivity index (χ4v) is 6.73. The number of hydrogen-bond donors (Lipinski definition) is 4. The van der Waals surface area contributed by atoms with Gasteiger partial charge < -0.3 is 34.7 Å². The number of allylic oxidation sites excluding steroid dienone is 1. The predicted octanol–water partition coefficient (Wildman–Crippen LogP) is 5.65. The van der Waals surface area contributed by atoms with Crippen LogP contribution in [-0.4, -0.2) is 49.9 Å². The van der Waals surface area contributed by atoms with Gasteiger partial charge in [0.2, 0.25) is 0 Å². The second kappa shape index (κ2) is 16.3. The van der Waals surface area contributed by atoms with E-state index in [9.17, 15) is 14.7 Å². The fourth-order valence-electron chi connectivity index (χ4n) is 4.39. The quantitative estimate of drug-likeness (QED) is 0.0570. The first-order valence-corrected chi connectivity index (χ1v) is 16.2. The number of amides is 2. The van der Waals surface area contributed by atoms with E-state index in [1.807, 2.05) is 43.3 Å². The Kier molecular flexibility index (Phi) is 12.6. The van der Waals surface area contributed by atoms with Gasteiger partial charge in [0.1, 0.15) is 19.0 Å². The number of benzene rings is 3. The van der Waals surface area contributed by atoms with E-state index < -0.39 is 24.3 Å². The van der Waals surface area contributed by atoms with E-state index in [4.69, 9.17) is 30.5 Å². The second-order valence-electron chi connectivity index (χ2n) is 9.65. The van der Waals surface area contributed by atoms with E-state index in [-0.39, 0.29) is 12.2 Å². The zero-order valence-corrected chi connectivity index (χ0v) is 29.6. The molecule has 0 fully saturated rings. The summed E-state index contributed by atoms with van der Waals surface area (Å²) >= 11 is 10.5. The molecule has 3 aromatic rings. The minimum Gasteiger partial charge on any atom is -0.490 e. The van der Waals surface area contributed by atoms with Crippen molar-refractivity contribution >= 4 is 75.0 Å². The summed E-state index contributed by atoms with van der Waals surface area (Å²) in [6.45, 7) is 4.04. The molecule has 0 saturated heterocycles. The van der Waals surface area contributed by atoms with Crippen molar-refractivity contribution in [3.63, 3.8) is 0 Å². The third-order valence-corrected chi connectivity index (χ3v) is 8.24. The van der Waals surface area contributed by atoms with Crippen molar-refractivity contribution in [3.05, 3.63) is 94.7 Å². The van der Waals surface area contributed by atoms with Gasteiger partial charge in [-0.05, 0) is 112 Å². The Bertz CT molecular complexity index is 1600. The molecule has 2 atom stereocenters. The van der Waals surface area contributed by atoms with E-state index >= 15 is 0 Å². The highest BCUT2D eigenvalue weighted by molar-refractivity contribution is 14.1. The highest BCUT2D eigenvalue weighted by Gasteiger charge is 2.32. The summed E-state index contributed by atoms with van der Waals surface area (Å²) < 4.78 is 24.3. The van der Waals surface area contributed by atoms with Gasteiger partial charge in [0, 0.05) is 10.7 Å². The summed E-state index contributed by atoms with van der Waals surface area (Å²) in [6, 6.07) is 15.2. The van der Waals surface area contributed by atoms with E-state index in [0.717, 1.165) is 24.0 Å². The van der Waals surface area contributed by atoms with E-state index in [0.29, 0.717) is 41.0 Å². The molecule has 3 aromatic carbocycles. The van der Waals surface area contributed by atoms with Crippen LogP contribution in [0.1, 0.15) is 36.6 Å². The SMILES string of the molecule is CCOc1cc([C@H]2NC(=O)NC(C)=C2C(=O)OC)ccc1OC[C@@H](O)N/N=C/c1cc(I)c(OCc2cccc(Cl)c2)c(I)c1. The van der Waals surface area contributed by atoms with Crippen LogP contribution in [0, 0.1) is 7.14 Å². The molecule has 0 bridgehead atoms. The van der Waals surface area contributed by atoms with E-state index in [1.165, 1.54) is 7.11 Å². The van der Waals surface area contributed by atoms with Gasteiger partial charge in [-0.2, -0.15) is 5.10 Å². The smallest absolute Gasteiger partial charge is 0.337 e. The topological polar surface area (TPSA) is 140 Å². The minimum absolute atomic E-state index is 0.140. The molecular weight excluding hydrogens is 830 g/mol. The van der Waals surface area contributed by atoms with Crippen LogP contribution in [0.3, 0.4) is 0 Å². The lowest BCUT2D eigenvalue weighted by Gasteiger charge is -2.28. The maximum absolute atomic E-state index is 12.4. The maximum atomic E-state index is 12.4. The number of carbonyl (C=O) groups excluding carboxylic acids is 2. The number of nitrogens with zero attached hydrogens (tertiary/aromatic N) is 1. The van der Waals surface area contributed by atoms with Crippen LogP contribution in [0.4, 0.5) is 4.79 Å². The van der Waals surface area contributed by atoms with Gasteiger partial charge in [0.05, 0.1) is 38.7 Å². The number of esters is 1. The first-order chi connectivity index (χ1) is 21.6. The van der Waals surface area contributed by atoms with Gasteiger partial charge in [0.25, 0.3) is 0 Å². The molecule has 14 heteroatoms. The van der Waals surface area contributed by atoms with Crippen LogP contribution in [-0.2, 0) is 16.1 Å². The highest BCUT2D eigenvalue weighted by atomic mass is 127. The summed E-state index contributed by atoms with van der Waals surface area (Å²) in [5, 5.41) is 20.6. The molecule has 0 saturated carbocycles. The number of carbonyl (C=O) groups is 2. The number of nitrogens with one attached hydrogen (secondary N) is 3. The van der Waals surface area contributed by atoms with Crippen molar-refractivity contribution < 1.29 is 33.6 Å². The summed E-state index contributed by atoms with van der Waals surface area (Å²) in [7, 11) is 1.28. The first kappa shape index (κ1) is 34.6. The molecule has 2 amide bonds. The molecule has 4 N–H and O–H groups in total. The summed E-state index contributed by atoms with van der Waals surface area (Å²) in [5.41, 5.74) is 5.70. The molecule has 0 spiro atoms. The van der Waals surface area contributed by atoms with Crippen molar-refractivity contribution in [1.82, 2.24) is 16.1 Å². The molecule has 45 heavy (non-hydrogen) atoms. The lowest BCUT2D eigenvalue weighted by molar-refractivity contribution is -0.136. The summed E-state index contributed by atoms with van der Waals surface area (Å²) in [4.78, 5) is 24.6. The molecule has 0 aliphatic carbocycles. The number of rotatable bonds is 13. The monoisotopic (exact) mass is 860 g/mol. The normalized spacial score (nSPS) is 15.3. The Morgan fingerprint density at radius 3 is 2.56 bits per heavy atom. The molecule has 1 aliphatic heterocycles. The molecule has 0 aromatic heterocycles. The Morgan fingerprint density at radius 2 is 1.87 bits per heavy atom. The zero-order chi connectivity index (χ0) is 32.5. The van der Waals surface area contributed by atoms with Crippen LogP contribution >= 0.6 is 56.8 Å². The summed E-state index contributed by atoms with van der Waals surface area (Å²) in [5.74, 6) is 0.937. The van der Waals surface area contributed by atoms with Crippen LogP contribution in [0.25, 0.3) is 0 Å². The zero-order valence-electron chi connectivity index (χ0n) is 24.5. The molecule has 11 nitrogen and oxygen atoms in total. The van der Waals surface area contributed by atoms with Crippen LogP contribution in [0.5, 0.6) is 17.2 Å². The average Bonchev–Trinajstić information content (AvgIpc) is 2.99. The number of aliphatic hydroxyl groups is 1. The van der Waals surface area contributed by atoms with Gasteiger partial charge in [-0.3, -0.25) is 5.43 Å². The van der Waals surface area contributed by atoms with Gasteiger partial charge in [-0.1, -0.05) is 29.8 Å². The number of ether oxygens (including phenoxy) is 4. The summed E-state index contributed by atoms with van der Waals surface area (Å²) in [6.07, 6.45) is 0.463. The first-order valence-electron chi connectivity index (χ1n) is 13.7. The van der Waals surface area contributed by atoms with Crippen molar-refractivity contribution in [2.24, 2.45) is 5.10 Å². The fraction of sp³-hybridized carbons (Fsp3) is 0.258. The van der Waals surface area contributed by atoms with Gasteiger partial charge >= 0.3 is 12.0 Å². The van der Waals surface area contributed by atoms with Crippen molar-refractivity contribution in [1.29, 1.82) is 0 Å². The van der Waals surface area contributed by atoms with Crippen LogP contribution in [0.15, 0.2) is 71.0 Å². The number of halogens is 3. The van der Waals surface area contributed by atoms with Gasteiger partial charge in [-0.15, -0.1) is 0 Å². The number of urea groups is 1. The average molecular weight is 861 g/mol. The highest BCUT2D eigenvalue weighted by Crippen LogP contribution is 2.35. The molecule has 4 rings (SSSR count). The molecule has 1 heterocycles. The third kappa shape index (κ3) is 9.37. The Morgan fingerprint density at radius 1 is 1.11 bits per heavy atom. The molecule has 0 unspecified atom stereocenters.